The molecule has 0 heterocycles. The van der Waals surface area contributed by atoms with E-state index < -0.39 is 0 Å². The van der Waals surface area contributed by atoms with E-state index in [0.29, 0.717) is 6.42 Å². The molecule has 0 aliphatic heterocycles. The number of halogens is 1. The van der Waals surface area contributed by atoms with Gasteiger partial charge in [-0.1, -0.05) is 87.6 Å². The molecule has 0 spiro atoms. The van der Waals surface area contributed by atoms with E-state index >= 15 is 0 Å². The third kappa shape index (κ3) is 6.34. The lowest BCUT2D eigenvalue weighted by Crippen LogP contribution is -2.08. The fraction of sp³-hybridized carbons (Fsp3) is 0.462. The molecule has 1 rings (SSSR count). The van der Waals surface area contributed by atoms with Gasteiger partial charge in [-0.05, 0) is 55.7 Å². The second-order valence-electron chi connectivity index (χ2n) is 8.74. The Labute approximate surface area is 166 Å². The first-order chi connectivity index (χ1) is 12.5. The normalized spacial score (nSPS) is 18.0. The summed E-state index contributed by atoms with van der Waals surface area (Å²) >= 11 is 0. The van der Waals surface area contributed by atoms with Crippen molar-refractivity contribution in [2.24, 2.45) is 10.8 Å². The van der Waals surface area contributed by atoms with Crippen LogP contribution in [0.2, 0.25) is 0 Å². The summed E-state index contributed by atoms with van der Waals surface area (Å²) in [6, 6.07) is 0. The number of rotatable bonds is 9. The maximum Gasteiger partial charge on any atom is 0.0934 e. The van der Waals surface area contributed by atoms with Gasteiger partial charge in [-0.2, -0.15) is 0 Å². The molecule has 0 unspecified atom stereocenters. The van der Waals surface area contributed by atoms with Crippen LogP contribution in [0.15, 0.2) is 83.6 Å². The lowest BCUT2D eigenvalue weighted by Gasteiger charge is -2.22. The van der Waals surface area contributed by atoms with Gasteiger partial charge in [-0.3, -0.25) is 4.39 Å². The molecule has 1 heteroatoms. The van der Waals surface area contributed by atoms with Crippen LogP contribution in [0.3, 0.4) is 0 Å². The van der Waals surface area contributed by atoms with Crippen molar-refractivity contribution in [3.63, 3.8) is 0 Å². The molecule has 1 aliphatic rings. The standard InChI is InChI=1S/C26H37F/c1-10-24(12-11-20(4)13-16-27)26(14-15-26)22(6)18-23(19(2)3)17-21(5)25(7,8)9/h10-12,17-18H,2,4,6,13-16H2,1,3,5,7-9H3/b12-11-,21-17+,23-18-,24-10+. The number of alkyl halides is 1. The van der Waals surface area contributed by atoms with E-state index in [-0.39, 0.29) is 17.5 Å². The van der Waals surface area contributed by atoms with Crippen LogP contribution in [0, 0.1) is 10.8 Å². The first-order valence-corrected chi connectivity index (χ1v) is 9.82. The predicted molar refractivity (Wildman–Crippen MR) is 120 cm³/mol. The van der Waals surface area contributed by atoms with Crippen LogP contribution in [0.4, 0.5) is 4.39 Å². The first kappa shape index (κ1) is 23.1. The van der Waals surface area contributed by atoms with Gasteiger partial charge >= 0.3 is 0 Å². The van der Waals surface area contributed by atoms with E-state index in [1.165, 1.54) is 11.1 Å². The number of hydrogen-bond donors (Lipinski definition) is 0. The summed E-state index contributed by atoms with van der Waals surface area (Å²) in [6.07, 6.45) is 13.2. The molecule has 0 saturated heterocycles. The third-order valence-electron chi connectivity index (χ3n) is 5.52. The molecule has 1 fully saturated rings. The van der Waals surface area contributed by atoms with E-state index in [1.807, 2.05) is 13.0 Å². The molecular weight excluding hydrogens is 331 g/mol. The highest BCUT2D eigenvalue weighted by atomic mass is 19.1. The van der Waals surface area contributed by atoms with Gasteiger partial charge in [0, 0.05) is 11.8 Å². The molecule has 0 nitrogen and oxygen atoms in total. The monoisotopic (exact) mass is 368 g/mol. The molecule has 0 radical (unpaired) electrons. The van der Waals surface area contributed by atoms with Crippen LogP contribution in [0.1, 0.15) is 60.8 Å². The van der Waals surface area contributed by atoms with Crippen LogP contribution >= 0.6 is 0 Å². The van der Waals surface area contributed by atoms with Crippen molar-refractivity contribution in [2.75, 3.05) is 6.67 Å². The SMILES string of the molecule is C=C(/C=C\C(=C/C)C1(C(=C)/C=C(/C=C(\C)C(C)(C)C)C(=C)C)CC1)CCF. The maximum atomic E-state index is 12.5. The second-order valence-corrected chi connectivity index (χ2v) is 8.74. The van der Waals surface area contributed by atoms with Gasteiger partial charge in [0.25, 0.3) is 0 Å². The van der Waals surface area contributed by atoms with E-state index in [2.05, 4.69) is 78.7 Å². The Hall–Kier alpha value is -1.89. The van der Waals surface area contributed by atoms with Crippen molar-refractivity contribution >= 4 is 0 Å². The third-order valence-corrected chi connectivity index (χ3v) is 5.52. The van der Waals surface area contributed by atoms with Crippen molar-refractivity contribution in [3.05, 3.63) is 83.6 Å². The smallest absolute Gasteiger partial charge is 0.0934 e. The fourth-order valence-electron chi connectivity index (χ4n) is 2.93. The Morgan fingerprint density at radius 3 is 2.04 bits per heavy atom. The summed E-state index contributed by atoms with van der Waals surface area (Å²) in [5.74, 6) is 0. The molecule has 0 aromatic rings. The molecule has 0 amide bonds. The van der Waals surface area contributed by atoms with Gasteiger partial charge in [-0.25, -0.2) is 0 Å². The molecule has 1 aliphatic carbocycles. The van der Waals surface area contributed by atoms with Crippen LogP contribution in [-0.2, 0) is 0 Å². The van der Waals surface area contributed by atoms with Crippen molar-refractivity contribution in [1.82, 2.24) is 0 Å². The molecule has 148 valence electrons. The van der Waals surface area contributed by atoms with Crippen LogP contribution < -0.4 is 0 Å². The van der Waals surface area contributed by atoms with E-state index in [1.54, 1.807) is 0 Å². The molecule has 0 aromatic carbocycles. The van der Waals surface area contributed by atoms with E-state index in [9.17, 15) is 4.39 Å². The lowest BCUT2D eigenvalue weighted by atomic mass is 9.83. The van der Waals surface area contributed by atoms with Crippen molar-refractivity contribution in [2.45, 2.75) is 60.8 Å². The summed E-state index contributed by atoms with van der Waals surface area (Å²) in [5, 5.41) is 0. The summed E-state index contributed by atoms with van der Waals surface area (Å²) in [6.45, 7) is 25.1. The van der Waals surface area contributed by atoms with Gasteiger partial charge in [0.05, 0.1) is 6.67 Å². The van der Waals surface area contributed by atoms with Gasteiger partial charge < -0.3 is 0 Å². The molecular formula is C26H37F. The molecule has 0 N–H and O–H groups in total. The fourth-order valence-corrected chi connectivity index (χ4v) is 2.93. The summed E-state index contributed by atoms with van der Waals surface area (Å²) in [4.78, 5) is 0. The highest BCUT2D eigenvalue weighted by Crippen LogP contribution is 2.58. The summed E-state index contributed by atoms with van der Waals surface area (Å²) in [7, 11) is 0. The first-order valence-electron chi connectivity index (χ1n) is 9.82. The minimum atomic E-state index is -0.365. The quantitative estimate of drug-likeness (QED) is 0.359. The van der Waals surface area contributed by atoms with Crippen molar-refractivity contribution in [1.29, 1.82) is 0 Å². The van der Waals surface area contributed by atoms with Gasteiger partial charge in [0.1, 0.15) is 0 Å². The molecule has 0 bridgehead atoms. The number of hydrogen-bond acceptors (Lipinski definition) is 0. The summed E-state index contributed by atoms with van der Waals surface area (Å²) < 4.78 is 12.5. The molecule has 0 aromatic heterocycles. The zero-order valence-electron chi connectivity index (χ0n) is 18.2. The van der Waals surface area contributed by atoms with Crippen molar-refractivity contribution < 1.29 is 4.39 Å². The van der Waals surface area contributed by atoms with Gasteiger partial charge in [0.15, 0.2) is 0 Å². The Balaban J connectivity index is 3.15. The Kier molecular flexibility index (Phi) is 8.02. The molecule has 1 saturated carbocycles. The van der Waals surface area contributed by atoms with E-state index in [0.717, 1.165) is 35.1 Å². The highest BCUT2D eigenvalue weighted by molar-refractivity contribution is 5.51. The zero-order valence-corrected chi connectivity index (χ0v) is 18.2. The molecule has 27 heavy (non-hydrogen) atoms. The van der Waals surface area contributed by atoms with Gasteiger partial charge in [0.2, 0.25) is 0 Å². The minimum absolute atomic E-state index is 0.00851. The Morgan fingerprint density at radius 1 is 1.04 bits per heavy atom. The summed E-state index contributed by atoms with van der Waals surface area (Å²) in [5.41, 5.74) is 6.80. The van der Waals surface area contributed by atoms with Crippen LogP contribution in [0.25, 0.3) is 0 Å². The second kappa shape index (κ2) is 9.35. The van der Waals surface area contributed by atoms with Crippen LogP contribution in [0.5, 0.6) is 0 Å². The lowest BCUT2D eigenvalue weighted by molar-refractivity contribution is 0.497. The molecule has 0 atom stereocenters. The average molecular weight is 369 g/mol. The van der Waals surface area contributed by atoms with Crippen LogP contribution in [-0.4, -0.2) is 6.67 Å². The predicted octanol–water partition coefficient (Wildman–Crippen LogP) is 8.24. The van der Waals surface area contributed by atoms with E-state index in [4.69, 9.17) is 0 Å². The highest BCUT2D eigenvalue weighted by Gasteiger charge is 2.46. The Morgan fingerprint density at radius 2 is 1.63 bits per heavy atom. The number of allylic oxidation sites excluding steroid dienone is 11. The van der Waals surface area contributed by atoms with Gasteiger partial charge in [-0.15, -0.1) is 0 Å². The Bertz CT molecular complexity index is 710. The minimum Gasteiger partial charge on any atom is -0.251 e. The van der Waals surface area contributed by atoms with Crippen molar-refractivity contribution in [3.8, 4) is 0 Å². The average Bonchev–Trinajstić information content (AvgIpc) is 3.35. The zero-order chi connectivity index (χ0) is 20.8. The topological polar surface area (TPSA) is 0 Å². The largest absolute Gasteiger partial charge is 0.251 e. The maximum absolute atomic E-state index is 12.5.